The summed E-state index contributed by atoms with van der Waals surface area (Å²) in [6.07, 6.45) is 2.58. The summed E-state index contributed by atoms with van der Waals surface area (Å²) in [7, 11) is 5.55. The Kier molecular flexibility index (Phi) is 7.09. The van der Waals surface area contributed by atoms with Gasteiger partial charge in [0.05, 0.1) is 11.7 Å². The molecule has 3 amide bonds. The highest BCUT2D eigenvalue weighted by molar-refractivity contribution is 7.13. The van der Waals surface area contributed by atoms with E-state index in [9.17, 15) is 14.4 Å². The van der Waals surface area contributed by atoms with Gasteiger partial charge in [0.15, 0.2) is 5.01 Å². The van der Waals surface area contributed by atoms with Crippen molar-refractivity contribution in [1.82, 2.24) is 25.4 Å². The first-order chi connectivity index (χ1) is 15.8. The summed E-state index contributed by atoms with van der Waals surface area (Å²) >= 11 is 1.43. The van der Waals surface area contributed by atoms with Crippen LogP contribution < -0.4 is 10.6 Å². The lowest BCUT2D eigenvalue weighted by Crippen LogP contribution is -2.55. The van der Waals surface area contributed by atoms with Crippen molar-refractivity contribution < 1.29 is 14.4 Å². The van der Waals surface area contributed by atoms with E-state index in [-0.39, 0.29) is 35.7 Å². The Morgan fingerprint density at radius 1 is 1.18 bits per heavy atom. The van der Waals surface area contributed by atoms with Crippen molar-refractivity contribution in [3.05, 3.63) is 51.5 Å². The van der Waals surface area contributed by atoms with Crippen molar-refractivity contribution in [2.45, 2.75) is 44.3 Å². The molecular formula is C24H30N5O3S. The number of hydrogen-bond acceptors (Lipinski definition) is 6. The summed E-state index contributed by atoms with van der Waals surface area (Å²) < 4.78 is 0. The number of likely N-dealkylation sites (N-methyl/N-ethyl adjacent to an activating group) is 1. The summed E-state index contributed by atoms with van der Waals surface area (Å²) in [4.78, 5) is 48.0. The maximum absolute atomic E-state index is 13.1. The molecule has 0 spiro atoms. The predicted octanol–water partition coefficient (Wildman–Crippen LogP) is 1.72. The Morgan fingerprint density at radius 3 is 2.70 bits per heavy atom. The Hall–Kier alpha value is -2.78. The number of amides is 3. The lowest BCUT2D eigenvalue weighted by Gasteiger charge is -2.37. The minimum atomic E-state index is -0.361. The van der Waals surface area contributed by atoms with Crippen molar-refractivity contribution in [3.8, 4) is 0 Å². The first-order valence-electron chi connectivity index (χ1n) is 11.3. The number of carbonyl (C=O) groups excluding carboxylic acids is 3. The van der Waals surface area contributed by atoms with Gasteiger partial charge in [-0.05, 0) is 44.5 Å². The molecule has 175 valence electrons. The van der Waals surface area contributed by atoms with E-state index in [1.807, 2.05) is 0 Å². The van der Waals surface area contributed by atoms with Crippen LogP contribution in [0.5, 0.6) is 0 Å². The number of nitrogens with zero attached hydrogens (tertiary/aromatic N) is 3. The Morgan fingerprint density at radius 2 is 1.97 bits per heavy atom. The van der Waals surface area contributed by atoms with Crippen LogP contribution in [0.15, 0.2) is 24.3 Å². The van der Waals surface area contributed by atoms with Crippen molar-refractivity contribution in [2.24, 2.45) is 5.92 Å². The van der Waals surface area contributed by atoms with Gasteiger partial charge in [-0.3, -0.25) is 14.4 Å². The number of aromatic nitrogens is 1. The molecule has 2 aromatic rings. The van der Waals surface area contributed by atoms with Crippen LogP contribution in [0, 0.1) is 12.0 Å². The number of nitrogens with one attached hydrogen (secondary N) is 2. The standard InChI is InChI=1S/C24H30N5O3S/c1-28(2)24(32)16-9-10-17(25-21(30)15-7-5-4-6-8-15)19(13-16)26-22(31)23-27-18-11-12-29(3)14-20(18)33-23/h4-5,7-8,16-17,19H,9-14H2,1-3H3,(H,25,30)(H,26,31)/t16-,17-,19-/m0/s1. The van der Waals surface area contributed by atoms with Crippen LogP contribution in [0.25, 0.3) is 0 Å². The van der Waals surface area contributed by atoms with Crippen LogP contribution in [-0.2, 0) is 17.8 Å². The summed E-state index contributed by atoms with van der Waals surface area (Å²) in [5.74, 6) is -0.598. The molecule has 1 aromatic carbocycles. The highest BCUT2D eigenvalue weighted by atomic mass is 32.1. The second-order valence-corrected chi connectivity index (χ2v) is 10.2. The van der Waals surface area contributed by atoms with E-state index in [0.717, 1.165) is 30.1 Å². The number of hydrogen-bond donors (Lipinski definition) is 2. The third-order valence-corrected chi connectivity index (χ3v) is 7.44. The van der Waals surface area contributed by atoms with Crippen LogP contribution in [-0.4, -0.2) is 72.3 Å². The van der Waals surface area contributed by atoms with E-state index in [1.165, 1.54) is 11.3 Å². The van der Waals surface area contributed by atoms with Gasteiger partial charge in [0, 0.05) is 56.0 Å². The molecule has 2 aliphatic rings. The maximum atomic E-state index is 13.1. The number of thiazole rings is 1. The van der Waals surface area contributed by atoms with Gasteiger partial charge in [0.1, 0.15) is 0 Å². The van der Waals surface area contributed by atoms with Gasteiger partial charge in [-0.25, -0.2) is 4.98 Å². The highest BCUT2D eigenvalue weighted by Crippen LogP contribution is 2.28. The van der Waals surface area contributed by atoms with Gasteiger partial charge in [0.2, 0.25) is 5.91 Å². The Labute approximate surface area is 198 Å². The lowest BCUT2D eigenvalue weighted by molar-refractivity contribution is -0.134. The van der Waals surface area contributed by atoms with Gasteiger partial charge >= 0.3 is 0 Å². The van der Waals surface area contributed by atoms with Crippen molar-refractivity contribution in [2.75, 3.05) is 27.7 Å². The average Bonchev–Trinajstić information content (AvgIpc) is 3.23. The van der Waals surface area contributed by atoms with Crippen LogP contribution >= 0.6 is 11.3 Å². The molecule has 3 atom stereocenters. The topological polar surface area (TPSA) is 94.6 Å². The van der Waals surface area contributed by atoms with E-state index in [2.05, 4.69) is 33.6 Å². The Bertz CT molecular complexity index is 1020. The summed E-state index contributed by atoms with van der Waals surface area (Å²) in [6, 6.07) is 9.16. The second-order valence-electron chi connectivity index (χ2n) is 9.07. The average molecular weight is 469 g/mol. The molecule has 0 bridgehead atoms. The number of benzene rings is 1. The summed E-state index contributed by atoms with van der Waals surface area (Å²) in [6.45, 7) is 1.73. The second kappa shape index (κ2) is 10.0. The minimum Gasteiger partial charge on any atom is -0.349 e. The molecule has 1 aliphatic heterocycles. The molecule has 2 heterocycles. The van der Waals surface area contributed by atoms with Crippen molar-refractivity contribution >= 4 is 29.1 Å². The zero-order valence-electron chi connectivity index (χ0n) is 19.3. The van der Waals surface area contributed by atoms with E-state index in [0.29, 0.717) is 29.8 Å². The first-order valence-corrected chi connectivity index (χ1v) is 12.1. The van der Waals surface area contributed by atoms with E-state index in [4.69, 9.17) is 0 Å². The maximum Gasteiger partial charge on any atom is 0.280 e. The third-order valence-electron chi connectivity index (χ3n) is 6.36. The van der Waals surface area contributed by atoms with E-state index in [1.54, 1.807) is 43.3 Å². The number of carbonyl (C=O) groups is 3. The van der Waals surface area contributed by atoms with E-state index < -0.39 is 0 Å². The monoisotopic (exact) mass is 468 g/mol. The molecule has 4 rings (SSSR count). The van der Waals surface area contributed by atoms with Crippen LogP contribution in [0.1, 0.15) is 50.0 Å². The molecule has 1 fully saturated rings. The third kappa shape index (κ3) is 5.42. The molecule has 9 heteroatoms. The molecule has 1 aromatic heterocycles. The van der Waals surface area contributed by atoms with Crippen molar-refractivity contribution in [1.29, 1.82) is 0 Å². The molecular weight excluding hydrogens is 438 g/mol. The van der Waals surface area contributed by atoms with Crippen LogP contribution in [0.4, 0.5) is 0 Å². The molecule has 0 saturated heterocycles. The van der Waals surface area contributed by atoms with Crippen molar-refractivity contribution in [3.63, 3.8) is 0 Å². The highest BCUT2D eigenvalue weighted by Gasteiger charge is 2.37. The zero-order chi connectivity index (χ0) is 23.5. The van der Waals surface area contributed by atoms with Crippen LogP contribution in [0.2, 0.25) is 0 Å². The Balaban J connectivity index is 1.50. The van der Waals surface area contributed by atoms with Gasteiger partial charge < -0.3 is 20.4 Å². The van der Waals surface area contributed by atoms with E-state index >= 15 is 0 Å². The van der Waals surface area contributed by atoms with Gasteiger partial charge in [-0.15, -0.1) is 11.3 Å². The fourth-order valence-corrected chi connectivity index (χ4v) is 5.62. The summed E-state index contributed by atoms with van der Waals surface area (Å²) in [5.41, 5.74) is 1.52. The van der Waals surface area contributed by atoms with Gasteiger partial charge in [-0.1, -0.05) is 12.1 Å². The van der Waals surface area contributed by atoms with Gasteiger partial charge in [0.25, 0.3) is 11.8 Å². The molecule has 2 N–H and O–H groups in total. The zero-order valence-corrected chi connectivity index (χ0v) is 20.1. The van der Waals surface area contributed by atoms with Crippen LogP contribution in [0.3, 0.4) is 0 Å². The molecule has 1 aliphatic carbocycles. The molecule has 8 nitrogen and oxygen atoms in total. The molecule has 1 saturated carbocycles. The minimum absolute atomic E-state index is 0.0458. The molecule has 1 radical (unpaired) electrons. The smallest absolute Gasteiger partial charge is 0.280 e. The SMILES string of the molecule is CN1CCc2nc(C(=O)N[C@H]3C[C@@H](C(=O)N(C)C)CC[C@@H]3NC(=O)c3c[c]ccc3)sc2C1. The number of fused-ring (bicyclic) bond motifs is 1. The largest absolute Gasteiger partial charge is 0.349 e. The normalized spacial score (nSPS) is 22.8. The lowest BCUT2D eigenvalue weighted by atomic mass is 9.81. The predicted molar refractivity (Wildman–Crippen MR) is 126 cm³/mol. The van der Waals surface area contributed by atoms with Gasteiger partial charge in [-0.2, -0.15) is 0 Å². The molecule has 0 unspecified atom stereocenters. The quantitative estimate of drug-likeness (QED) is 0.697. The first kappa shape index (κ1) is 23.4. The molecule has 33 heavy (non-hydrogen) atoms. The fourth-order valence-electron chi connectivity index (χ4n) is 4.53. The number of rotatable bonds is 5. The summed E-state index contributed by atoms with van der Waals surface area (Å²) in [5, 5.41) is 6.60. The fraction of sp³-hybridized carbons (Fsp3) is 0.500.